The number of amides is 2. The van der Waals surface area contributed by atoms with Gasteiger partial charge in [-0.3, -0.25) is 9.59 Å². The van der Waals surface area contributed by atoms with Crippen LogP contribution in [0.3, 0.4) is 0 Å². The van der Waals surface area contributed by atoms with Gasteiger partial charge in [-0.05, 0) is 23.3 Å². The average Bonchev–Trinajstić information content (AvgIpc) is 2.79. The molecule has 2 amide bonds. The number of carbonyl (C=O) groups is 2. The second-order valence-electron chi connectivity index (χ2n) is 6.72. The van der Waals surface area contributed by atoms with Crippen molar-refractivity contribution in [2.75, 3.05) is 19.0 Å². The molecule has 0 heterocycles. The highest BCUT2D eigenvalue weighted by Crippen LogP contribution is 2.25. The minimum Gasteiger partial charge on any atom is -0.497 e. The van der Waals surface area contributed by atoms with E-state index in [9.17, 15) is 14.7 Å². The fourth-order valence-corrected chi connectivity index (χ4v) is 3.17. The van der Waals surface area contributed by atoms with E-state index in [1.807, 2.05) is 60.7 Å². The van der Waals surface area contributed by atoms with Crippen molar-refractivity contribution >= 4 is 17.5 Å². The molecule has 0 fully saturated rings. The van der Waals surface area contributed by atoms with Gasteiger partial charge in [-0.15, -0.1) is 0 Å². The van der Waals surface area contributed by atoms with Gasteiger partial charge in [-0.25, -0.2) is 0 Å². The van der Waals surface area contributed by atoms with Crippen LogP contribution in [0.25, 0.3) is 0 Å². The first kappa shape index (κ1) is 21.1. The van der Waals surface area contributed by atoms with Crippen LogP contribution in [0.4, 0.5) is 5.69 Å². The first-order chi connectivity index (χ1) is 14.6. The predicted octanol–water partition coefficient (Wildman–Crippen LogP) is 2.94. The highest BCUT2D eigenvalue weighted by atomic mass is 16.5. The Morgan fingerprint density at radius 3 is 2.00 bits per heavy atom. The van der Waals surface area contributed by atoms with Gasteiger partial charge >= 0.3 is 0 Å². The smallest absolute Gasteiger partial charge is 0.249 e. The molecular weight excluding hydrogens is 380 g/mol. The molecule has 0 saturated carbocycles. The van der Waals surface area contributed by atoms with Crippen molar-refractivity contribution in [1.82, 2.24) is 5.32 Å². The molecule has 0 spiro atoms. The van der Waals surface area contributed by atoms with Gasteiger partial charge in [-0.2, -0.15) is 0 Å². The van der Waals surface area contributed by atoms with E-state index in [4.69, 9.17) is 4.74 Å². The zero-order valence-corrected chi connectivity index (χ0v) is 16.6. The average molecular weight is 404 g/mol. The standard InChI is InChI=1S/C24H24N2O4/c1-30-20-14-8-13-19(15-20)25-23(28)21(16-27)26-24(29)22(17-9-4-2-5-10-17)18-11-6-3-7-12-18/h2-15,21-22,27H,16H2,1H3,(H,25,28)(H,26,29)/t21-/m0/s1. The van der Waals surface area contributed by atoms with Gasteiger partial charge in [0.05, 0.1) is 19.6 Å². The second-order valence-corrected chi connectivity index (χ2v) is 6.72. The SMILES string of the molecule is COc1cccc(NC(=O)[C@H](CO)NC(=O)C(c2ccccc2)c2ccccc2)c1. The molecule has 0 saturated heterocycles. The summed E-state index contributed by atoms with van der Waals surface area (Å²) in [7, 11) is 1.53. The minimum atomic E-state index is -1.10. The Labute approximate surface area is 175 Å². The Hall–Kier alpha value is -3.64. The number of hydrogen-bond donors (Lipinski definition) is 3. The quantitative estimate of drug-likeness (QED) is 0.539. The molecule has 30 heavy (non-hydrogen) atoms. The first-order valence-corrected chi connectivity index (χ1v) is 9.58. The summed E-state index contributed by atoms with van der Waals surface area (Å²) in [6.07, 6.45) is 0. The molecular formula is C24H24N2O4. The largest absolute Gasteiger partial charge is 0.497 e. The van der Waals surface area contributed by atoms with Crippen LogP contribution in [0.2, 0.25) is 0 Å². The number of carbonyl (C=O) groups excluding carboxylic acids is 2. The number of nitrogens with one attached hydrogen (secondary N) is 2. The fraction of sp³-hybridized carbons (Fsp3) is 0.167. The maximum Gasteiger partial charge on any atom is 0.249 e. The minimum absolute atomic E-state index is 0.368. The van der Waals surface area contributed by atoms with Gasteiger partial charge in [0.15, 0.2) is 0 Å². The summed E-state index contributed by atoms with van der Waals surface area (Å²) in [5.74, 6) is -0.900. The topological polar surface area (TPSA) is 87.7 Å². The Morgan fingerprint density at radius 2 is 1.47 bits per heavy atom. The van der Waals surface area contributed by atoms with Crippen LogP contribution in [0.1, 0.15) is 17.0 Å². The van der Waals surface area contributed by atoms with E-state index in [-0.39, 0.29) is 5.91 Å². The Kier molecular flexibility index (Phi) is 7.19. The molecule has 1 atom stereocenters. The van der Waals surface area contributed by atoms with Gasteiger partial charge in [0.25, 0.3) is 0 Å². The molecule has 0 radical (unpaired) electrons. The molecule has 0 unspecified atom stereocenters. The summed E-state index contributed by atoms with van der Waals surface area (Å²) in [6.45, 7) is -0.530. The lowest BCUT2D eigenvalue weighted by Crippen LogP contribution is -2.47. The molecule has 3 N–H and O–H groups in total. The Bertz CT molecular complexity index is 937. The number of aliphatic hydroxyl groups is 1. The van der Waals surface area contributed by atoms with E-state index in [0.29, 0.717) is 11.4 Å². The van der Waals surface area contributed by atoms with Crippen LogP contribution in [-0.2, 0) is 9.59 Å². The predicted molar refractivity (Wildman–Crippen MR) is 115 cm³/mol. The van der Waals surface area contributed by atoms with Crippen molar-refractivity contribution in [2.45, 2.75) is 12.0 Å². The molecule has 0 aliphatic rings. The molecule has 0 aliphatic heterocycles. The summed E-state index contributed by atoms with van der Waals surface area (Å²) < 4.78 is 5.15. The number of benzene rings is 3. The van der Waals surface area contributed by atoms with E-state index < -0.39 is 24.5 Å². The summed E-state index contributed by atoms with van der Waals surface area (Å²) in [5.41, 5.74) is 2.10. The maximum absolute atomic E-state index is 13.1. The number of ether oxygens (including phenoxy) is 1. The summed E-state index contributed by atoms with van der Waals surface area (Å²) >= 11 is 0. The molecule has 0 aromatic heterocycles. The Balaban J connectivity index is 1.78. The van der Waals surface area contributed by atoms with Crippen LogP contribution in [-0.4, -0.2) is 36.7 Å². The molecule has 0 bridgehead atoms. The summed E-state index contributed by atoms with van der Waals surface area (Å²) in [5, 5.41) is 15.1. The van der Waals surface area contributed by atoms with Gasteiger partial charge < -0.3 is 20.5 Å². The highest BCUT2D eigenvalue weighted by molar-refractivity contribution is 5.98. The molecule has 6 heteroatoms. The Morgan fingerprint density at radius 1 is 0.867 bits per heavy atom. The van der Waals surface area contributed by atoms with Gasteiger partial charge in [0, 0.05) is 11.8 Å². The normalized spacial score (nSPS) is 11.6. The molecule has 3 aromatic carbocycles. The third-order valence-electron chi connectivity index (χ3n) is 4.68. The van der Waals surface area contributed by atoms with E-state index >= 15 is 0 Å². The van der Waals surface area contributed by atoms with E-state index in [0.717, 1.165) is 11.1 Å². The first-order valence-electron chi connectivity index (χ1n) is 9.58. The van der Waals surface area contributed by atoms with E-state index in [2.05, 4.69) is 10.6 Å². The van der Waals surface area contributed by atoms with Crippen molar-refractivity contribution in [3.8, 4) is 5.75 Å². The van der Waals surface area contributed by atoms with Crippen LogP contribution in [0, 0.1) is 0 Å². The van der Waals surface area contributed by atoms with Crippen molar-refractivity contribution in [1.29, 1.82) is 0 Å². The van der Waals surface area contributed by atoms with Crippen LogP contribution >= 0.6 is 0 Å². The van der Waals surface area contributed by atoms with Crippen molar-refractivity contribution in [3.05, 3.63) is 96.1 Å². The lowest BCUT2D eigenvalue weighted by atomic mass is 9.90. The molecule has 154 valence electrons. The molecule has 3 rings (SSSR count). The zero-order chi connectivity index (χ0) is 21.3. The van der Waals surface area contributed by atoms with Crippen LogP contribution < -0.4 is 15.4 Å². The second kappa shape index (κ2) is 10.2. The number of anilines is 1. The molecule has 0 aliphatic carbocycles. The van der Waals surface area contributed by atoms with Crippen molar-refractivity contribution in [2.24, 2.45) is 0 Å². The highest BCUT2D eigenvalue weighted by Gasteiger charge is 2.27. The lowest BCUT2D eigenvalue weighted by Gasteiger charge is -2.22. The summed E-state index contributed by atoms with van der Waals surface area (Å²) in [6, 6.07) is 24.4. The van der Waals surface area contributed by atoms with Gasteiger partial charge in [-0.1, -0.05) is 66.7 Å². The fourth-order valence-electron chi connectivity index (χ4n) is 3.17. The van der Waals surface area contributed by atoms with Crippen LogP contribution in [0.15, 0.2) is 84.9 Å². The zero-order valence-electron chi connectivity index (χ0n) is 16.6. The third kappa shape index (κ3) is 5.24. The van der Waals surface area contributed by atoms with E-state index in [1.165, 1.54) is 7.11 Å². The van der Waals surface area contributed by atoms with Gasteiger partial charge in [0.2, 0.25) is 11.8 Å². The van der Waals surface area contributed by atoms with Crippen LogP contribution in [0.5, 0.6) is 5.75 Å². The summed E-state index contributed by atoms with van der Waals surface area (Å²) in [4.78, 5) is 25.8. The number of hydrogen-bond acceptors (Lipinski definition) is 4. The molecule has 3 aromatic rings. The van der Waals surface area contributed by atoms with Gasteiger partial charge in [0.1, 0.15) is 11.8 Å². The number of aliphatic hydroxyl groups excluding tert-OH is 1. The monoisotopic (exact) mass is 404 g/mol. The maximum atomic E-state index is 13.1. The third-order valence-corrected chi connectivity index (χ3v) is 4.68. The molecule has 6 nitrogen and oxygen atoms in total. The van der Waals surface area contributed by atoms with Crippen molar-refractivity contribution in [3.63, 3.8) is 0 Å². The number of methoxy groups -OCH3 is 1. The van der Waals surface area contributed by atoms with E-state index in [1.54, 1.807) is 24.3 Å². The van der Waals surface area contributed by atoms with Crippen molar-refractivity contribution < 1.29 is 19.4 Å². The lowest BCUT2D eigenvalue weighted by molar-refractivity contribution is -0.127. The number of rotatable bonds is 8.